The van der Waals surface area contributed by atoms with Crippen molar-refractivity contribution in [3.8, 4) is 0 Å². The van der Waals surface area contributed by atoms with Gasteiger partial charge in [0.1, 0.15) is 0 Å². The summed E-state index contributed by atoms with van der Waals surface area (Å²) in [4.78, 5) is 0. The van der Waals surface area contributed by atoms with Crippen molar-refractivity contribution in [1.29, 1.82) is 0 Å². The molecule has 214 valence electrons. The molecule has 0 radical (unpaired) electrons. The van der Waals surface area contributed by atoms with Crippen LogP contribution in [0.4, 0.5) is 0 Å². The van der Waals surface area contributed by atoms with Crippen LogP contribution in [0.2, 0.25) is 0 Å². The molecule has 4 rings (SSSR count). The van der Waals surface area contributed by atoms with Crippen molar-refractivity contribution in [2.24, 2.45) is 0 Å². The second-order valence-electron chi connectivity index (χ2n) is 8.50. The van der Waals surface area contributed by atoms with Crippen LogP contribution in [0, 0.1) is 0 Å². The molecule has 0 spiro atoms. The van der Waals surface area contributed by atoms with E-state index >= 15 is 0 Å². The zero-order valence-electron chi connectivity index (χ0n) is 21.8. The Balaban J connectivity index is -0.000000141. The molecule has 0 aromatic heterocycles. The molecule has 38 heavy (non-hydrogen) atoms. The van der Waals surface area contributed by atoms with Crippen molar-refractivity contribution in [2.75, 3.05) is 12.8 Å². The van der Waals surface area contributed by atoms with Gasteiger partial charge in [0.25, 0.3) is 0 Å². The van der Waals surface area contributed by atoms with Gasteiger partial charge in [0, 0.05) is 0 Å². The third-order valence-corrected chi connectivity index (χ3v) is 11.7. The average molecular weight is 775 g/mol. The van der Waals surface area contributed by atoms with Crippen molar-refractivity contribution >= 4 is 50.9 Å². The number of allylic oxidation sites excluding steroid dienone is 4. The number of rotatable bonds is 5. The summed E-state index contributed by atoms with van der Waals surface area (Å²) < 4.78 is 0. The SMILES string of the molecule is C1=C\CC/C=C\CC/1.C[C@H](C[C@H]1CCC[P@]1C)P(c1ccccc1)c1ccccc1.[F-].[F-].[F-].[F-].[F-].[F-].[Rh+3].[Sb+5]. The molecule has 1 heterocycles. The summed E-state index contributed by atoms with van der Waals surface area (Å²) >= 11 is 0. The molecular formula is C28H38F6P2RhSb+2. The number of halogens is 6. The van der Waals surface area contributed by atoms with E-state index in [4.69, 9.17) is 0 Å². The molecule has 2 aliphatic rings. The van der Waals surface area contributed by atoms with Crippen LogP contribution in [-0.2, 0) is 19.5 Å². The van der Waals surface area contributed by atoms with Crippen molar-refractivity contribution in [1.82, 2.24) is 0 Å². The standard InChI is InChI=1S/C20H26P2.C8H12.6FH.Rh.Sb/c1-17(16-20-14-9-15-21(20)2)22(18-10-5-3-6-11-18)19-12-7-4-8-13-19;1-2-4-6-8-7-5-3-1;;;;;;;;/h3-8,10-13,17,20H,9,14-16H2,1-2H3;1-2,7-8H,3-6H2;6*1H;;/q;;;;;;;;+3;+5/p-6/b;2-1-,8-7-;;;;;;;;/t17-,20-,21+;;;;;;;;;/m1........./s1. The first-order valence-corrected chi connectivity index (χ1v) is 15.1. The van der Waals surface area contributed by atoms with Crippen molar-refractivity contribution in [2.45, 2.75) is 63.2 Å². The first kappa shape index (κ1) is 50.6. The third kappa shape index (κ3) is 17.5. The molecule has 0 saturated carbocycles. The summed E-state index contributed by atoms with van der Waals surface area (Å²) in [6, 6.07) is 22.4. The molecule has 2 aromatic carbocycles. The van der Waals surface area contributed by atoms with E-state index in [2.05, 4.69) is 98.6 Å². The third-order valence-electron chi connectivity index (χ3n) is 6.13. The van der Waals surface area contributed by atoms with Crippen LogP contribution < -0.4 is 38.8 Å². The fourth-order valence-electron chi connectivity index (χ4n) is 4.47. The van der Waals surface area contributed by atoms with E-state index in [0.717, 1.165) is 11.3 Å². The topological polar surface area (TPSA) is 0 Å². The van der Waals surface area contributed by atoms with Gasteiger partial charge in [-0.3, -0.25) is 0 Å². The Labute approximate surface area is 258 Å². The summed E-state index contributed by atoms with van der Waals surface area (Å²) in [5.41, 5.74) is 1.77. The van der Waals surface area contributed by atoms with Crippen LogP contribution in [0.1, 0.15) is 51.9 Å². The molecule has 2 aromatic rings. The Bertz CT molecular complexity index is 737. The van der Waals surface area contributed by atoms with Gasteiger partial charge in [-0.1, -0.05) is 91.9 Å². The molecular weight excluding hydrogens is 737 g/mol. The summed E-state index contributed by atoms with van der Waals surface area (Å²) in [5.74, 6) is 0. The van der Waals surface area contributed by atoms with Gasteiger partial charge in [-0.2, -0.15) is 0 Å². The van der Waals surface area contributed by atoms with E-state index in [1.165, 1.54) is 61.7 Å². The van der Waals surface area contributed by atoms with Gasteiger partial charge < -0.3 is 28.2 Å². The summed E-state index contributed by atoms with van der Waals surface area (Å²) in [6.45, 7) is 5.01. The average Bonchev–Trinajstić information content (AvgIpc) is 3.14. The fourth-order valence-corrected chi connectivity index (χ4v) is 9.75. The summed E-state index contributed by atoms with van der Waals surface area (Å²) in [6.07, 6.45) is 19.9. The Hall–Kier alpha value is -0.198. The molecule has 3 atom stereocenters. The normalized spacial score (nSPS) is 19.1. The molecule has 0 amide bonds. The second-order valence-corrected chi connectivity index (χ2v) is 13.8. The maximum atomic E-state index is 2.52. The monoisotopic (exact) mass is 774 g/mol. The molecule has 10 heteroatoms. The van der Waals surface area contributed by atoms with Crippen LogP contribution in [0.15, 0.2) is 85.0 Å². The maximum Gasteiger partial charge on any atom is 5.00 e. The first-order chi connectivity index (χ1) is 14.8. The Morgan fingerprint density at radius 3 is 1.39 bits per heavy atom. The molecule has 0 N–H and O–H groups in total. The number of hydrogen-bond donors (Lipinski definition) is 0. The van der Waals surface area contributed by atoms with Crippen molar-refractivity contribution in [3.05, 3.63) is 85.0 Å². The van der Waals surface area contributed by atoms with Gasteiger partial charge in [-0.25, -0.2) is 0 Å². The van der Waals surface area contributed by atoms with Crippen LogP contribution in [0.25, 0.3) is 0 Å². The van der Waals surface area contributed by atoms with Crippen LogP contribution in [-0.4, -0.2) is 48.6 Å². The number of hydrogen-bond acceptors (Lipinski definition) is 0. The van der Waals surface area contributed by atoms with Gasteiger partial charge in [0.15, 0.2) is 0 Å². The largest absolute Gasteiger partial charge is 5.00 e. The molecule has 1 aliphatic heterocycles. The van der Waals surface area contributed by atoms with Gasteiger partial charge in [-0.15, -0.1) is 7.92 Å². The summed E-state index contributed by atoms with van der Waals surface area (Å²) in [7, 11) is 0.0499. The quantitative estimate of drug-likeness (QED) is 0.123. The Morgan fingerprint density at radius 2 is 1.08 bits per heavy atom. The van der Waals surface area contributed by atoms with E-state index in [9.17, 15) is 0 Å². The van der Waals surface area contributed by atoms with E-state index in [0.29, 0.717) is 0 Å². The van der Waals surface area contributed by atoms with E-state index in [1.54, 1.807) is 0 Å². The number of benzene rings is 2. The smallest absolute Gasteiger partial charge is 1.00 e. The molecule has 0 nitrogen and oxygen atoms in total. The predicted molar refractivity (Wildman–Crippen MR) is 146 cm³/mol. The molecule has 0 unspecified atom stereocenters. The fraction of sp³-hybridized carbons (Fsp3) is 0.429. The molecule has 1 saturated heterocycles. The second kappa shape index (κ2) is 29.8. The maximum absolute atomic E-state index is 2.52. The van der Waals surface area contributed by atoms with Gasteiger partial charge in [-0.05, 0) is 87.6 Å². The Morgan fingerprint density at radius 1 is 0.711 bits per heavy atom. The molecule has 1 aliphatic carbocycles. The zero-order chi connectivity index (χ0) is 21.0. The minimum Gasteiger partial charge on any atom is -1.00 e. The van der Waals surface area contributed by atoms with E-state index < -0.39 is 0 Å². The molecule has 0 bridgehead atoms. The van der Waals surface area contributed by atoms with E-state index in [1.807, 2.05) is 0 Å². The van der Waals surface area contributed by atoms with Crippen molar-refractivity contribution in [3.63, 3.8) is 0 Å². The summed E-state index contributed by atoms with van der Waals surface area (Å²) in [5, 5.41) is 3.07. The molecule has 1 fully saturated rings. The van der Waals surface area contributed by atoms with Crippen molar-refractivity contribution < 1.29 is 47.7 Å². The zero-order valence-corrected chi connectivity index (χ0v) is 27.8. The van der Waals surface area contributed by atoms with Crippen LogP contribution in [0.5, 0.6) is 0 Å². The van der Waals surface area contributed by atoms with Gasteiger partial charge in [0.05, 0.1) is 0 Å². The van der Waals surface area contributed by atoms with Crippen LogP contribution in [0.3, 0.4) is 0 Å². The van der Waals surface area contributed by atoms with Gasteiger partial charge in [0.2, 0.25) is 0 Å². The van der Waals surface area contributed by atoms with Crippen LogP contribution >= 0.6 is 15.8 Å². The predicted octanol–water partition coefficient (Wildman–Crippen LogP) is -10.5. The van der Waals surface area contributed by atoms with E-state index in [-0.39, 0.29) is 88.0 Å². The first-order valence-electron chi connectivity index (χ1n) is 11.7. The minimum atomic E-state index is -0.237. The Kier molecular flexibility index (Phi) is 39.7. The van der Waals surface area contributed by atoms with Gasteiger partial charge >= 0.3 is 43.9 Å². The minimum absolute atomic E-state index is 0.